The van der Waals surface area contributed by atoms with Gasteiger partial charge >= 0.3 is 5.97 Å². The average molecular weight is 254 g/mol. The molecule has 3 heteroatoms. The Kier molecular flexibility index (Phi) is 2.95. The van der Waals surface area contributed by atoms with Gasteiger partial charge < -0.3 is 9.84 Å². The van der Waals surface area contributed by atoms with E-state index in [9.17, 15) is 4.79 Å². The van der Waals surface area contributed by atoms with Crippen LogP contribution in [0.4, 0.5) is 0 Å². The molecule has 0 bridgehead atoms. The predicted molar refractivity (Wildman–Crippen MR) is 71.6 cm³/mol. The van der Waals surface area contributed by atoms with Gasteiger partial charge in [0.05, 0.1) is 13.0 Å². The molecule has 1 N–H and O–H groups in total. The summed E-state index contributed by atoms with van der Waals surface area (Å²) < 4.78 is 5.73. The number of carboxylic acid groups (broad SMARTS) is 1. The van der Waals surface area contributed by atoms with E-state index in [1.807, 2.05) is 36.4 Å². The van der Waals surface area contributed by atoms with Gasteiger partial charge in [0, 0.05) is 17.0 Å². The molecule has 0 aromatic heterocycles. The second kappa shape index (κ2) is 4.76. The number of rotatable bonds is 3. The van der Waals surface area contributed by atoms with Gasteiger partial charge in [-0.25, -0.2) is 0 Å². The zero-order valence-electron chi connectivity index (χ0n) is 10.4. The van der Waals surface area contributed by atoms with Crippen LogP contribution >= 0.6 is 0 Å². The number of hydrogen-bond acceptors (Lipinski definition) is 2. The van der Waals surface area contributed by atoms with Crippen molar-refractivity contribution in [2.45, 2.75) is 12.3 Å². The molecule has 0 saturated carbocycles. The number of carbonyl (C=O) groups is 1. The SMILES string of the molecule is O=C(O)Cc1cccc2c1OCC2c1ccccc1. The summed E-state index contributed by atoms with van der Waals surface area (Å²) >= 11 is 0. The van der Waals surface area contributed by atoms with Crippen LogP contribution in [-0.2, 0) is 11.2 Å². The van der Waals surface area contributed by atoms with Crippen molar-refractivity contribution in [3.05, 3.63) is 65.2 Å². The highest BCUT2D eigenvalue weighted by Crippen LogP contribution is 2.40. The van der Waals surface area contributed by atoms with Crippen molar-refractivity contribution in [3.8, 4) is 5.75 Å². The van der Waals surface area contributed by atoms with Crippen LogP contribution in [-0.4, -0.2) is 17.7 Å². The van der Waals surface area contributed by atoms with Gasteiger partial charge in [-0.15, -0.1) is 0 Å². The lowest BCUT2D eigenvalue weighted by Crippen LogP contribution is -2.02. The quantitative estimate of drug-likeness (QED) is 0.916. The van der Waals surface area contributed by atoms with Crippen molar-refractivity contribution in [2.75, 3.05) is 6.61 Å². The first-order chi connectivity index (χ1) is 9.25. The molecule has 1 heterocycles. The number of hydrogen-bond donors (Lipinski definition) is 1. The summed E-state index contributed by atoms with van der Waals surface area (Å²) in [4.78, 5) is 10.9. The molecular formula is C16H14O3. The second-order valence-corrected chi connectivity index (χ2v) is 4.68. The first-order valence-corrected chi connectivity index (χ1v) is 6.27. The van der Waals surface area contributed by atoms with Crippen molar-refractivity contribution >= 4 is 5.97 Å². The van der Waals surface area contributed by atoms with Gasteiger partial charge in [0.2, 0.25) is 0 Å². The standard InChI is InChI=1S/C16H14O3/c17-15(18)9-12-7-4-8-13-14(10-19-16(12)13)11-5-2-1-3-6-11/h1-8,14H,9-10H2,(H,17,18). The Labute approximate surface area is 111 Å². The molecule has 0 aliphatic carbocycles. The van der Waals surface area contributed by atoms with E-state index in [2.05, 4.69) is 12.1 Å². The van der Waals surface area contributed by atoms with Gasteiger partial charge in [0.15, 0.2) is 0 Å². The maximum Gasteiger partial charge on any atom is 0.307 e. The Morgan fingerprint density at radius 1 is 1.16 bits per heavy atom. The number of para-hydroxylation sites is 1. The van der Waals surface area contributed by atoms with Crippen molar-refractivity contribution in [3.63, 3.8) is 0 Å². The molecule has 0 amide bonds. The smallest absolute Gasteiger partial charge is 0.307 e. The fraction of sp³-hybridized carbons (Fsp3) is 0.188. The third kappa shape index (κ3) is 2.19. The zero-order valence-corrected chi connectivity index (χ0v) is 10.4. The van der Waals surface area contributed by atoms with Crippen LogP contribution < -0.4 is 4.74 Å². The Balaban J connectivity index is 2.00. The van der Waals surface area contributed by atoms with Gasteiger partial charge in [-0.05, 0) is 5.56 Å². The monoisotopic (exact) mass is 254 g/mol. The van der Waals surface area contributed by atoms with Crippen LogP contribution in [0, 0.1) is 0 Å². The zero-order chi connectivity index (χ0) is 13.2. The van der Waals surface area contributed by atoms with E-state index in [0.717, 1.165) is 16.9 Å². The molecule has 0 fully saturated rings. The summed E-state index contributed by atoms with van der Waals surface area (Å²) in [5, 5.41) is 8.93. The Hall–Kier alpha value is -2.29. The molecule has 0 saturated heterocycles. The summed E-state index contributed by atoms with van der Waals surface area (Å²) in [5.74, 6) is 0.115. The second-order valence-electron chi connectivity index (χ2n) is 4.68. The maximum atomic E-state index is 10.9. The molecule has 1 aliphatic heterocycles. The van der Waals surface area contributed by atoms with Crippen molar-refractivity contribution < 1.29 is 14.6 Å². The number of ether oxygens (including phenoxy) is 1. The number of aliphatic carboxylic acids is 1. The molecule has 96 valence electrons. The third-order valence-electron chi connectivity index (χ3n) is 3.44. The molecular weight excluding hydrogens is 240 g/mol. The minimum Gasteiger partial charge on any atom is -0.492 e. The molecule has 3 rings (SSSR count). The molecule has 2 aromatic rings. The summed E-state index contributed by atoms with van der Waals surface area (Å²) in [7, 11) is 0. The van der Waals surface area contributed by atoms with Gasteiger partial charge in [-0.3, -0.25) is 4.79 Å². The molecule has 19 heavy (non-hydrogen) atoms. The largest absolute Gasteiger partial charge is 0.492 e. The van der Waals surface area contributed by atoms with Crippen LogP contribution in [0.2, 0.25) is 0 Å². The van der Waals surface area contributed by atoms with Gasteiger partial charge in [-0.1, -0.05) is 48.5 Å². The maximum absolute atomic E-state index is 10.9. The molecule has 0 radical (unpaired) electrons. The minimum atomic E-state index is -0.833. The van der Waals surface area contributed by atoms with Gasteiger partial charge in [0.1, 0.15) is 5.75 Å². The van der Waals surface area contributed by atoms with Crippen molar-refractivity contribution in [1.29, 1.82) is 0 Å². The van der Waals surface area contributed by atoms with E-state index >= 15 is 0 Å². The highest BCUT2D eigenvalue weighted by molar-refractivity contribution is 5.72. The fourth-order valence-corrected chi connectivity index (χ4v) is 2.57. The van der Waals surface area contributed by atoms with E-state index in [1.165, 1.54) is 5.56 Å². The van der Waals surface area contributed by atoms with Crippen LogP contribution in [0.3, 0.4) is 0 Å². The average Bonchev–Trinajstić information content (AvgIpc) is 2.84. The Morgan fingerprint density at radius 2 is 1.95 bits per heavy atom. The van der Waals surface area contributed by atoms with E-state index in [4.69, 9.17) is 9.84 Å². The highest BCUT2D eigenvalue weighted by Gasteiger charge is 2.27. The normalized spacial score (nSPS) is 16.7. The molecule has 1 aliphatic rings. The summed E-state index contributed by atoms with van der Waals surface area (Å²) in [6, 6.07) is 15.9. The molecule has 2 aromatic carbocycles. The van der Waals surface area contributed by atoms with Crippen LogP contribution in [0.5, 0.6) is 5.75 Å². The highest BCUT2D eigenvalue weighted by atomic mass is 16.5. The van der Waals surface area contributed by atoms with E-state index in [0.29, 0.717) is 6.61 Å². The van der Waals surface area contributed by atoms with E-state index in [1.54, 1.807) is 0 Å². The molecule has 1 unspecified atom stereocenters. The predicted octanol–water partition coefficient (Wildman–Crippen LogP) is 2.84. The lowest BCUT2D eigenvalue weighted by Gasteiger charge is -2.09. The fourth-order valence-electron chi connectivity index (χ4n) is 2.57. The van der Waals surface area contributed by atoms with E-state index < -0.39 is 5.97 Å². The molecule has 1 atom stereocenters. The van der Waals surface area contributed by atoms with Crippen LogP contribution in [0.25, 0.3) is 0 Å². The van der Waals surface area contributed by atoms with Crippen LogP contribution in [0.1, 0.15) is 22.6 Å². The minimum absolute atomic E-state index is 0.00465. The van der Waals surface area contributed by atoms with Crippen LogP contribution in [0.15, 0.2) is 48.5 Å². The first-order valence-electron chi connectivity index (χ1n) is 6.27. The Morgan fingerprint density at radius 3 is 2.68 bits per heavy atom. The molecule has 0 spiro atoms. The number of fused-ring (bicyclic) bond motifs is 1. The van der Waals surface area contributed by atoms with Gasteiger partial charge in [-0.2, -0.15) is 0 Å². The number of carboxylic acids is 1. The summed E-state index contributed by atoms with van der Waals surface area (Å²) in [6.07, 6.45) is 0.00465. The third-order valence-corrected chi connectivity index (χ3v) is 3.44. The topological polar surface area (TPSA) is 46.5 Å². The lowest BCUT2D eigenvalue weighted by atomic mass is 9.92. The number of benzene rings is 2. The molecule has 3 nitrogen and oxygen atoms in total. The lowest BCUT2D eigenvalue weighted by molar-refractivity contribution is -0.136. The first kappa shape index (κ1) is 11.8. The van der Waals surface area contributed by atoms with Crippen molar-refractivity contribution in [1.82, 2.24) is 0 Å². The summed E-state index contributed by atoms with van der Waals surface area (Å²) in [6.45, 7) is 0.579. The van der Waals surface area contributed by atoms with E-state index in [-0.39, 0.29) is 12.3 Å². The van der Waals surface area contributed by atoms with Gasteiger partial charge in [0.25, 0.3) is 0 Å². The van der Waals surface area contributed by atoms with Crippen molar-refractivity contribution in [2.24, 2.45) is 0 Å². The summed E-state index contributed by atoms with van der Waals surface area (Å²) in [5.41, 5.74) is 3.04. The Bertz CT molecular complexity index is 605.